The predicted molar refractivity (Wildman–Crippen MR) is 208 cm³/mol. The summed E-state index contributed by atoms with van der Waals surface area (Å²) in [5.74, 6) is 0.280. The first-order valence-corrected chi connectivity index (χ1v) is 22.1. The molecule has 0 aliphatic heterocycles. The van der Waals surface area contributed by atoms with Gasteiger partial charge in [0.1, 0.15) is 5.76 Å². The summed E-state index contributed by atoms with van der Waals surface area (Å²) in [6.45, 7) is 1.98. The monoisotopic (exact) mass is 805 g/mol. The topological polar surface area (TPSA) is 200 Å². The summed E-state index contributed by atoms with van der Waals surface area (Å²) in [5, 5.41) is 16.6. The molecule has 56 heavy (non-hydrogen) atoms. The Morgan fingerprint density at radius 1 is 0.768 bits per heavy atom. The van der Waals surface area contributed by atoms with Gasteiger partial charge in [-0.15, -0.1) is 0 Å². The van der Waals surface area contributed by atoms with Crippen molar-refractivity contribution >= 4 is 43.5 Å². The summed E-state index contributed by atoms with van der Waals surface area (Å²) in [6, 6.07) is 6.68. The van der Waals surface area contributed by atoms with Crippen molar-refractivity contribution in [2.75, 3.05) is 24.7 Å². The Morgan fingerprint density at radius 2 is 1.32 bits per heavy atom. The Morgan fingerprint density at radius 3 is 1.91 bits per heavy atom. The third-order valence-corrected chi connectivity index (χ3v) is 14.0. The zero-order chi connectivity index (χ0) is 39.6. The van der Waals surface area contributed by atoms with E-state index in [0.29, 0.717) is 30.8 Å². The fourth-order valence-electron chi connectivity index (χ4n) is 9.11. The van der Waals surface area contributed by atoms with Crippen LogP contribution >= 0.6 is 0 Å². The highest BCUT2D eigenvalue weighted by molar-refractivity contribution is 7.90. The summed E-state index contributed by atoms with van der Waals surface area (Å²) in [4.78, 5) is 28.2. The molecular formula is C40H47N5O9S2. The number of anilines is 2. The number of sulfonamides is 2. The number of amides is 4. The van der Waals surface area contributed by atoms with E-state index >= 15 is 0 Å². The molecule has 0 spiro atoms. The minimum absolute atomic E-state index is 0.162. The van der Waals surface area contributed by atoms with Crippen molar-refractivity contribution in [3.8, 4) is 0 Å². The molecule has 0 fully saturated rings. The highest BCUT2D eigenvalue weighted by Crippen LogP contribution is 2.47. The van der Waals surface area contributed by atoms with Crippen LogP contribution in [0, 0.1) is 0 Å². The molecular weight excluding hydrogens is 759 g/mol. The minimum Gasteiger partial charge on any atom is -0.451 e. The number of carbonyl (C=O) groups is 2. The van der Waals surface area contributed by atoms with Gasteiger partial charge in [0.25, 0.3) is 20.0 Å². The van der Waals surface area contributed by atoms with E-state index in [1.165, 1.54) is 29.5 Å². The summed E-state index contributed by atoms with van der Waals surface area (Å²) in [6.07, 6.45) is 10.5. The van der Waals surface area contributed by atoms with Crippen molar-refractivity contribution < 1.29 is 40.4 Å². The van der Waals surface area contributed by atoms with Crippen molar-refractivity contribution in [2.24, 2.45) is 0 Å². The lowest BCUT2D eigenvalue weighted by molar-refractivity contribution is 0.0393. The van der Waals surface area contributed by atoms with E-state index in [2.05, 4.69) is 32.2 Å². The maximum Gasteiger partial charge on any atom is 0.333 e. The number of nitrogens with zero attached hydrogens (tertiary/aromatic N) is 1. The molecule has 2 aromatic carbocycles. The molecule has 0 saturated heterocycles. The van der Waals surface area contributed by atoms with Gasteiger partial charge in [-0.25, -0.2) is 19.0 Å². The number of fused-ring (bicyclic) bond motifs is 4. The number of benzene rings is 2. The van der Waals surface area contributed by atoms with Crippen LogP contribution in [-0.4, -0.2) is 53.0 Å². The summed E-state index contributed by atoms with van der Waals surface area (Å²) in [5.41, 5.74) is 8.43. The molecule has 0 saturated carbocycles. The van der Waals surface area contributed by atoms with Crippen LogP contribution in [0.2, 0.25) is 0 Å². The Labute approximate surface area is 326 Å². The van der Waals surface area contributed by atoms with Gasteiger partial charge in [-0.3, -0.25) is 0 Å². The zero-order valence-electron chi connectivity index (χ0n) is 31.7. The number of aryl methyl sites for hydroxylation is 3. The Hall–Kier alpha value is -4.64. The Balaban J connectivity index is 0.960. The molecule has 4 aromatic rings. The Bertz CT molecular complexity index is 2430. The van der Waals surface area contributed by atoms with E-state index in [-0.39, 0.29) is 23.0 Å². The summed E-state index contributed by atoms with van der Waals surface area (Å²) >= 11 is 0. The maximum atomic E-state index is 13.4. The van der Waals surface area contributed by atoms with Crippen LogP contribution in [0.3, 0.4) is 0 Å². The molecule has 2 aromatic heterocycles. The largest absolute Gasteiger partial charge is 0.451 e. The van der Waals surface area contributed by atoms with Gasteiger partial charge in [0, 0.05) is 23.0 Å². The molecule has 5 N–H and O–H groups in total. The number of aliphatic hydroxyl groups is 1. The van der Waals surface area contributed by atoms with E-state index in [9.17, 15) is 31.5 Å². The number of urea groups is 2. The first kappa shape index (κ1) is 38.2. The van der Waals surface area contributed by atoms with E-state index in [1.807, 2.05) is 19.0 Å². The van der Waals surface area contributed by atoms with Gasteiger partial charge in [-0.1, -0.05) is 12.1 Å². The molecule has 4 amide bonds. The molecule has 4 aliphatic rings. The first-order valence-electron chi connectivity index (χ1n) is 19.1. The first-order chi connectivity index (χ1) is 26.6. The third kappa shape index (κ3) is 7.35. The highest BCUT2D eigenvalue weighted by atomic mass is 32.2. The van der Waals surface area contributed by atoms with Gasteiger partial charge in [0.05, 0.1) is 18.4 Å². The maximum absolute atomic E-state index is 13.4. The average molecular weight is 806 g/mol. The number of furan rings is 2. The molecule has 2 heterocycles. The van der Waals surface area contributed by atoms with Crippen LogP contribution < -0.4 is 20.1 Å². The van der Waals surface area contributed by atoms with Crippen molar-refractivity contribution in [3.63, 3.8) is 0 Å². The molecule has 0 bridgehead atoms. The SMILES string of the molecule is CN(C)Cc1ccc(S(=O)(=O)NC(=O)Nc2c3c(cc4c2CCC4CC(C)(O)c2coc(S(=O)(=O)NC(=O)Nc4c5c(cc6c4CCC6)CCC5)c2)CCC3)o1. The number of nitrogens with one attached hydrogen (secondary N) is 4. The van der Waals surface area contributed by atoms with Gasteiger partial charge in [0.15, 0.2) is 0 Å². The van der Waals surface area contributed by atoms with Gasteiger partial charge in [-0.05, 0) is 161 Å². The molecule has 8 rings (SSSR count). The molecule has 4 aliphatic carbocycles. The minimum atomic E-state index is -4.42. The molecule has 298 valence electrons. The molecule has 2 atom stereocenters. The van der Waals surface area contributed by atoms with Crippen LogP contribution in [0.1, 0.15) is 101 Å². The van der Waals surface area contributed by atoms with E-state index in [4.69, 9.17) is 8.83 Å². The van der Waals surface area contributed by atoms with Crippen LogP contribution in [0.25, 0.3) is 0 Å². The Kier molecular flexibility index (Phi) is 9.82. The summed E-state index contributed by atoms with van der Waals surface area (Å²) < 4.78 is 67.9. The van der Waals surface area contributed by atoms with Gasteiger partial charge in [-0.2, -0.15) is 16.8 Å². The third-order valence-electron chi connectivity index (χ3n) is 11.6. The fourth-order valence-corrected chi connectivity index (χ4v) is 10.8. The van der Waals surface area contributed by atoms with Crippen LogP contribution in [0.15, 0.2) is 55.6 Å². The lowest BCUT2D eigenvalue weighted by Gasteiger charge is -2.26. The molecule has 16 heteroatoms. The van der Waals surface area contributed by atoms with Gasteiger partial charge >= 0.3 is 12.1 Å². The number of hydrogen-bond donors (Lipinski definition) is 5. The van der Waals surface area contributed by atoms with Gasteiger partial charge in [0.2, 0.25) is 10.2 Å². The van der Waals surface area contributed by atoms with E-state index in [0.717, 1.165) is 96.9 Å². The van der Waals surface area contributed by atoms with Crippen molar-refractivity contribution in [2.45, 2.75) is 112 Å². The predicted octanol–water partition coefficient (Wildman–Crippen LogP) is 5.75. The molecule has 2 unspecified atom stereocenters. The highest BCUT2D eigenvalue weighted by Gasteiger charge is 2.38. The number of hydrogen-bond acceptors (Lipinski definition) is 10. The second-order valence-electron chi connectivity index (χ2n) is 16.0. The second-order valence-corrected chi connectivity index (χ2v) is 19.2. The normalized spacial score (nSPS) is 18.3. The van der Waals surface area contributed by atoms with E-state index in [1.54, 1.807) is 13.0 Å². The lowest BCUT2D eigenvalue weighted by Crippen LogP contribution is -2.35. The second kappa shape index (κ2) is 14.4. The smallest absolute Gasteiger partial charge is 0.333 e. The number of carbonyl (C=O) groups excluding carboxylic acids is 2. The van der Waals surface area contributed by atoms with E-state index < -0.39 is 42.8 Å². The fraction of sp³-hybridized carbons (Fsp3) is 0.450. The van der Waals surface area contributed by atoms with Crippen molar-refractivity contribution in [1.82, 2.24) is 14.3 Å². The van der Waals surface area contributed by atoms with Crippen LogP contribution in [0.5, 0.6) is 0 Å². The summed E-state index contributed by atoms with van der Waals surface area (Å²) in [7, 11) is -5.05. The standard InChI is InChI=1S/C40H47N5O9S2/c1-40(48,27-19-35(53-22-27)56(51,52)44-38(46)41-36-29-10-4-7-23(29)17-24-8-5-11-30(24)36)20-26-13-15-32-33(26)18-25-9-6-12-31(25)37(32)42-39(47)43-55(49,50)34-16-14-28(54-34)21-45(2)3/h14,16-19,22,26,48H,4-13,15,20-21H2,1-3H3,(H2,41,44,46)(H2,42,43,47). The van der Waals surface area contributed by atoms with Crippen LogP contribution in [0.4, 0.5) is 21.0 Å². The molecule has 0 radical (unpaired) electrons. The lowest BCUT2D eigenvalue weighted by atomic mass is 9.84. The zero-order valence-corrected chi connectivity index (χ0v) is 33.3. The van der Waals surface area contributed by atoms with Crippen molar-refractivity contribution in [1.29, 1.82) is 0 Å². The van der Waals surface area contributed by atoms with Crippen molar-refractivity contribution in [3.05, 3.63) is 92.4 Å². The van der Waals surface area contributed by atoms with Crippen LogP contribution in [-0.2, 0) is 77.1 Å². The quantitative estimate of drug-likeness (QED) is 0.124. The van der Waals surface area contributed by atoms with Gasteiger partial charge < -0.3 is 29.5 Å². The number of rotatable bonds is 11. The average Bonchev–Trinajstić information content (AvgIpc) is 3.96. The molecule has 14 nitrogen and oxygen atoms in total.